The molecule has 2 atom stereocenters. The van der Waals surface area contributed by atoms with Crippen LogP contribution < -0.4 is 0 Å². The van der Waals surface area contributed by atoms with Crippen LogP contribution in [-0.2, 0) is 4.79 Å². The van der Waals surface area contributed by atoms with Gasteiger partial charge >= 0.3 is 0 Å². The van der Waals surface area contributed by atoms with Gasteiger partial charge in [0, 0.05) is 25.5 Å². The molecule has 1 N–H and O–H groups in total. The Morgan fingerprint density at radius 2 is 2.00 bits per heavy atom. The average Bonchev–Trinajstić information content (AvgIpc) is 2.72. The quantitative estimate of drug-likeness (QED) is 0.886. The number of rotatable bonds is 4. The molecule has 0 radical (unpaired) electrons. The van der Waals surface area contributed by atoms with Gasteiger partial charge < -0.3 is 10.0 Å². The molecule has 0 spiro atoms. The van der Waals surface area contributed by atoms with Crippen molar-refractivity contribution >= 4 is 5.91 Å². The molecular weight excluding hydrogens is 226 g/mol. The van der Waals surface area contributed by atoms with Gasteiger partial charge in [-0.1, -0.05) is 44.2 Å². The predicted molar refractivity (Wildman–Crippen MR) is 70.9 cm³/mol. The molecule has 1 heterocycles. The van der Waals surface area contributed by atoms with E-state index in [1.165, 1.54) is 5.56 Å². The number of amides is 1. The molecular formula is C15H21NO2. The number of aliphatic hydroxyl groups excluding tert-OH is 1. The van der Waals surface area contributed by atoms with Gasteiger partial charge in [0.2, 0.25) is 5.91 Å². The lowest BCUT2D eigenvalue weighted by atomic mass is 9.94. The van der Waals surface area contributed by atoms with E-state index in [1.807, 2.05) is 23.1 Å². The van der Waals surface area contributed by atoms with E-state index in [-0.39, 0.29) is 24.5 Å². The first kappa shape index (κ1) is 13.1. The summed E-state index contributed by atoms with van der Waals surface area (Å²) in [4.78, 5) is 14.0. The minimum atomic E-state index is 0.0991. The van der Waals surface area contributed by atoms with Crippen LogP contribution in [0.25, 0.3) is 0 Å². The standard InChI is InChI=1S/C15H21NO2/c1-11(2)15(13-6-4-3-5-7-13)16-9-12(10-17)8-14(16)18/h3-7,11-12,15,17H,8-10H2,1-2H3. The van der Waals surface area contributed by atoms with Gasteiger partial charge in [0.1, 0.15) is 0 Å². The molecule has 1 saturated heterocycles. The van der Waals surface area contributed by atoms with E-state index in [2.05, 4.69) is 26.0 Å². The second-order valence-electron chi connectivity index (χ2n) is 5.40. The first-order valence-electron chi connectivity index (χ1n) is 6.58. The Hall–Kier alpha value is -1.35. The molecule has 1 aromatic rings. The summed E-state index contributed by atoms with van der Waals surface area (Å²) in [6, 6.07) is 10.3. The topological polar surface area (TPSA) is 40.5 Å². The molecule has 1 fully saturated rings. The monoisotopic (exact) mass is 247 g/mol. The minimum Gasteiger partial charge on any atom is -0.396 e. The lowest BCUT2D eigenvalue weighted by molar-refractivity contribution is -0.130. The van der Waals surface area contributed by atoms with Gasteiger partial charge in [-0.05, 0) is 11.5 Å². The van der Waals surface area contributed by atoms with Crippen molar-refractivity contribution in [2.24, 2.45) is 11.8 Å². The van der Waals surface area contributed by atoms with Crippen LogP contribution in [0.5, 0.6) is 0 Å². The van der Waals surface area contributed by atoms with E-state index in [4.69, 9.17) is 0 Å². The number of benzene rings is 1. The summed E-state index contributed by atoms with van der Waals surface area (Å²) in [5.74, 6) is 0.632. The molecule has 0 aliphatic carbocycles. The number of nitrogens with zero attached hydrogens (tertiary/aromatic N) is 1. The van der Waals surface area contributed by atoms with E-state index in [9.17, 15) is 9.90 Å². The van der Waals surface area contributed by atoms with Crippen molar-refractivity contribution in [2.75, 3.05) is 13.2 Å². The van der Waals surface area contributed by atoms with Crippen LogP contribution in [0, 0.1) is 11.8 Å². The highest BCUT2D eigenvalue weighted by Gasteiger charge is 2.35. The van der Waals surface area contributed by atoms with E-state index in [1.54, 1.807) is 0 Å². The summed E-state index contributed by atoms with van der Waals surface area (Å²) in [6.45, 7) is 5.04. The lowest BCUT2D eigenvalue weighted by Gasteiger charge is -2.31. The third kappa shape index (κ3) is 2.56. The Morgan fingerprint density at radius 1 is 1.33 bits per heavy atom. The van der Waals surface area contributed by atoms with Crippen molar-refractivity contribution in [1.29, 1.82) is 0 Å². The molecule has 18 heavy (non-hydrogen) atoms. The van der Waals surface area contributed by atoms with Gasteiger partial charge in [0.05, 0.1) is 6.04 Å². The van der Waals surface area contributed by atoms with Gasteiger partial charge in [0.15, 0.2) is 0 Å². The van der Waals surface area contributed by atoms with Gasteiger partial charge in [-0.2, -0.15) is 0 Å². The molecule has 0 saturated carbocycles. The second-order valence-corrected chi connectivity index (χ2v) is 5.40. The van der Waals surface area contributed by atoms with E-state index in [0.717, 1.165) is 0 Å². The first-order chi connectivity index (χ1) is 8.63. The molecule has 1 amide bonds. The number of likely N-dealkylation sites (tertiary alicyclic amines) is 1. The molecule has 0 aromatic heterocycles. The van der Waals surface area contributed by atoms with Gasteiger partial charge in [-0.15, -0.1) is 0 Å². The van der Waals surface area contributed by atoms with Crippen LogP contribution in [0.1, 0.15) is 31.9 Å². The van der Waals surface area contributed by atoms with Crippen LogP contribution in [0.4, 0.5) is 0 Å². The minimum absolute atomic E-state index is 0.0991. The third-order valence-corrected chi connectivity index (χ3v) is 3.61. The summed E-state index contributed by atoms with van der Waals surface area (Å²) in [7, 11) is 0. The van der Waals surface area contributed by atoms with E-state index < -0.39 is 0 Å². The smallest absolute Gasteiger partial charge is 0.223 e. The van der Waals surface area contributed by atoms with Crippen molar-refractivity contribution in [1.82, 2.24) is 4.90 Å². The molecule has 2 unspecified atom stereocenters. The van der Waals surface area contributed by atoms with E-state index in [0.29, 0.717) is 18.9 Å². The molecule has 3 heteroatoms. The Balaban J connectivity index is 2.24. The zero-order chi connectivity index (χ0) is 13.1. The lowest BCUT2D eigenvalue weighted by Crippen LogP contribution is -2.33. The predicted octanol–water partition coefficient (Wildman–Crippen LogP) is 2.22. The van der Waals surface area contributed by atoms with Gasteiger partial charge in [-0.25, -0.2) is 0 Å². The fraction of sp³-hybridized carbons (Fsp3) is 0.533. The molecule has 1 aromatic carbocycles. The Morgan fingerprint density at radius 3 is 2.50 bits per heavy atom. The maximum atomic E-state index is 12.1. The van der Waals surface area contributed by atoms with Crippen molar-refractivity contribution in [3.63, 3.8) is 0 Å². The van der Waals surface area contributed by atoms with Crippen molar-refractivity contribution in [3.8, 4) is 0 Å². The fourth-order valence-electron chi connectivity index (χ4n) is 2.77. The Labute approximate surface area is 108 Å². The van der Waals surface area contributed by atoms with E-state index >= 15 is 0 Å². The highest BCUT2D eigenvalue weighted by molar-refractivity contribution is 5.79. The molecule has 3 nitrogen and oxygen atoms in total. The third-order valence-electron chi connectivity index (χ3n) is 3.61. The molecule has 2 rings (SSSR count). The summed E-state index contributed by atoms with van der Waals surface area (Å²) >= 11 is 0. The normalized spacial score (nSPS) is 21.7. The fourth-order valence-corrected chi connectivity index (χ4v) is 2.77. The summed E-state index contributed by atoms with van der Waals surface area (Å²) < 4.78 is 0. The highest BCUT2D eigenvalue weighted by atomic mass is 16.3. The number of aliphatic hydroxyl groups is 1. The van der Waals surface area contributed by atoms with Crippen molar-refractivity contribution in [3.05, 3.63) is 35.9 Å². The number of hydrogen-bond donors (Lipinski definition) is 1. The van der Waals surface area contributed by atoms with Crippen LogP contribution in [0.2, 0.25) is 0 Å². The number of hydrogen-bond acceptors (Lipinski definition) is 2. The summed E-state index contributed by atoms with van der Waals surface area (Å²) in [5, 5.41) is 9.21. The second kappa shape index (κ2) is 5.53. The largest absolute Gasteiger partial charge is 0.396 e. The van der Waals surface area contributed by atoms with Crippen LogP contribution in [0.3, 0.4) is 0 Å². The van der Waals surface area contributed by atoms with Crippen molar-refractivity contribution in [2.45, 2.75) is 26.3 Å². The van der Waals surface area contributed by atoms with Crippen LogP contribution in [0.15, 0.2) is 30.3 Å². The van der Waals surface area contributed by atoms with Gasteiger partial charge in [-0.3, -0.25) is 4.79 Å². The number of carbonyl (C=O) groups is 1. The summed E-state index contributed by atoms with van der Waals surface area (Å²) in [5.41, 5.74) is 1.18. The highest BCUT2D eigenvalue weighted by Crippen LogP contribution is 2.33. The average molecular weight is 247 g/mol. The molecule has 1 aliphatic heterocycles. The SMILES string of the molecule is CC(C)C(c1ccccc1)N1CC(CO)CC1=O. The Kier molecular flexibility index (Phi) is 4.02. The van der Waals surface area contributed by atoms with Crippen LogP contribution >= 0.6 is 0 Å². The maximum absolute atomic E-state index is 12.1. The number of carbonyl (C=O) groups excluding carboxylic acids is 1. The molecule has 1 aliphatic rings. The molecule has 98 valence electrons. The maximum Gasteiger partial charge on any atom is 0.223 e. The van der Waals surface area contributed by atoms with Crippen LogP contribution in [-0.4, -0.2) is 29.1 Å². The van der Waals surface area contributed by atoms with Gasteiger partial charge in [0.25, 0.3) is 0 Å². The zero-order valence-electron chi connectivity index (χ0n) is 11.0. The summed E-state index contributed by atoms with van der Waals surface area (Å²) in [6.07, 6.45) is 0.479. The first-order valence-corrected chi connectivity index (χ1v) is 6.58. The zero-order valence-corrected chi connectivity index (χ0v) is 11.0. The molecule has 0 bridgehead atoms. The van der Waals surface area contributed by atoms with Crippen molar-refractivity contribution < 1.29 is 9.90 Å². The Bertz CT molecular complexity index is 402.